The van der Waals surface area contributed by atoms with Gasteiger partial charge in [0.05, 0.1) is 12.8 Å². The number of aromatic nitrogens is 1. The van der Waals surface area contributed by atoms with Crippen LogP contribution in [0.25, 0.3) is 10.9 Å². The average molecular weight is 386 g/mol. The van der Waals surface area contributed by atoms with Gasteiger partial charge in [0.1, 0.15) is 5.76 Å². The molecule has 0 atom stereocenters. The predicted octanol–water partition coefficient (Wildman–Crippen LogP) is 4.28. The number of H-pyrrole nitrogens is 1. The van der Waals surface area contributed by atoms with Crippen LogP contribution in [0, 0.1) is 0 Å². The van der Waals surface area contributed by atoms with Crippen LogP contribution in [0.3, 0.4) is 0 Å². The van der Waals surface area contributed by atoms with Gasteiger partial charge in [0.15, 0.2) is 5.96 Å². The molecular weight excluding hydrogens is 360 g/mol. The van der Waals surface area contributed by atoms with E-state index in [1.165, 1.54) is 22.0 Å². The van der Waals surface area contributed by atoms with E-state index in [0.29, 0.717) is 6.54 Å². The molecule has 2 heterocycles. The minimum atomic E-state index is 0.643. The molecule has 5 nitrogen and oxygen atoms in total. The second kappa shape index (κ2) is 9.64. The van der Waals surface area contributed by atoms with Gasteiger partial charge >= 0.3 is 0 Å². The van der Waals surface area contributed by atoms with E-state index < -0.39 is 0 Å². The fourth-order valence-electron chi connectivity index (χ4n) is 3.34. The predicted molar refractivity (Wildman–Crippen MR) is 118 cm³/mol. The number of nitrogens with zero attached hydrogens (tertiary/aromatic N) is 1. The number of guanidine groups is 1. The number of aromatic amines is 1. The maximum absolute atomic E-state index is 5.41. The first-order chi connectivity index (χ1) is 14.4. The maximum Gasteiger partial charge on any atom is 0.191 e. The minimum absolute atomic E-state index is 0.643. The van der Waals surface area contributed by atoms with Gasteiger partial charge in [-0.15, -0.1) is 0 Å². The first-order valence-electron chi connectivity index (χ1n) is 10.0. The van der Waals surface area contributed by atoms with E-state index in [1.54, 1.807) is 6.26 Å². The van der Waals surface area contributed by atoms with Gasteiger partial charge in [0.25, 0.3) is 0 Å². The number of para-hydroxylation sites is 1. The molecule has 4 aromatic rings. The van der Waals surface area contributed by atoms with Crippen molar-refractivity contribution in [3.8, 4) is 0 Å². The average Bonchev–Trinajstić information content (AvgIpc) is 3.43. The molecule has 0 saturated heterocycles. The molecule has 0 radical (unpaired) electrons. The fraction of sp³-hybridized carbons (Fsp3) is 0.208. The number of fused-ring (bicyclic) bond motifs is 1. The molecule has 4 rings (SSSR count). The monoisotopic (exact) mass is 386 g/mol. The van der Waals surface area contributed by atoms with Crippen molar-refractivity contribution >= 4 is 16.9 Å². The lowest BCUT2D eigenvalue weighted by Gasteiger charge is -2.12. The van der Waals surface area contributed by atoms with E-state index in [0.717, 1.165) is 37.7 Å². The Balaban J connectivity index is 1.35. The quantitative estimate of drug-likeness (QED) is 0.313. The lowest BCUT2D eigenvalue weighted by atomic mass is 10.1. The Bertz CT molecular complexity index is 1040. The van der Waals surface area contributed by atoms with Crippen LogP contribution in [-0.2, 0) is 19.4 Å². The molecule has 5 heteroatoms. The number of rotatable bonds is 8. The normalized spacial score (nSPS) is 11.7. The second-order valence-corrected chi connectivity index (χ2v) is 6.94. The molecule has 0 bridgehead atoms. The summed E-state index contributed by atoms with van der Waals surface area (Å²) in [6.45, 7) is 2.22. The van der Waals surface area contributed by atoms with E-state index in [9.17, 15) is 0 Å². The van der Waals surface area contributed by atoms with Crippen LogP contribution >= 0.6 is 0 Å². The van der Waals surface area contributed by atoms with E-state index in [4.69, 9.17) is 9.41 Å². The second-order valence-electron chi connectivity index (χ2n) is 6.94. The summed E-state index contributed by atoms with van der Waals surface area (Å²) in [5, 5.41) is 8.16. The Kier molecular flexibility index (Phi) is 6.28. The minimum Gasteiger partial charge on any atom is -0.469 e. The number of aliphatic imine (C=N–C) groups is 1. The summed E-state index contributed by atoms with van der Waals surface area (Å²) < 4.78 is 5.41. The van der Waals surface area contributed by atoms with Crippen molar-refractivity contribution in [2.45, 2.75) is 19.4 Å². The standard InChI is InChI=1S/C24H26N4O/c1-2-7-19(8-3-1)17-28-24(26-15-13-21-9-6-16-29-21)25-14-12-20-18-27-23-11-5-4-10-22(20)23/h1-11,16,18,27H,12-15,17H2,(H2,25,26,28). The van der Waals surface area contributed by atoms with Crippen molar-refractivity contribution in [3.05, 3.63) is 96.1 Å². The number of furan rings is 1. The van der Waals surface area contributed by atoms with Crippen molar-refractivity contribution in [1.29, 1.82) is 0 Å². The highest BCUT2D eigenvalue weighted by Gasteiger charge is 2.04. The van der Waals surface area contributed by atoms with Gasteiger partial charge in [-0.2, -0.15) is 0 Å². The lowest BCUT2D eigenvalue weighted by molar-refractivity contribution is 0.506. The zero-order valence-corrected chi connectivity index (χ0v) is 16.4. The highest BCUT2D eigenvalue weighted by Crippen LogP contribution is 2.17. The Morgan fingerprint density at radius 2 is 1.66 bits per heavy atom. The first-order valence-corrected chi connectivity index (χ1v) is 10.0. The smallest absolute Gasteiger partial charge is 0.191 e. The molecule has 3 N–H and O–H groups in total. The van der Waals surface area contributed by atoms with Crippen LogP contribution in [0.1, 0.15) is 16.9 Å². The summed E-state index contributed by atoms with van der Waals surface area (Å²) in [6, 6.07) is 22.6. The fourth-order valence-corrected chi connectivity index (χ4v) is 3.34. The van der Waals surface area contributed by atoms with E-state index >= 15 is 0 Å². The van der Waals surface area contributed by atoms with Crippen LogP contribution in [-0.4, -0.2) is 24.0 Å². The third-order valence-electron chi connectivity index (χ3n) is 4.87. The van der Waals surface area contributed by atoms with Crippen LogP contribution in [0.2, 0.25) is 0 Å². The van der Waals surface area contributed by atoms with Crippen molar-refractivity contribution in [2.75, 3.05) is 13.1 Å². The summed E-state index contributed by atoms with van der Waals surface area (Å²) in [5.74, 6) is 1.79. The summed E-state index contributed by atoms with van der Waals surface area (Å²) >= 11 is 0. The Morgan fingerprint density at radius 3 is 2.48 bits per heavy atom. The summed E-state index contributed by atoms with van der Waals surface area (Å²) in [4.78, 5) is 8.09. The van der Waals surface area contributed by atoms with Crippen molar-refractivity contribution in [2.24, 2.45) is 4.99 Å². The topological polar surface area (TPSA) is 65.3 Å². The highest BCUT2D eigenvalue weighted by molar-refractivity contribution is 5.83. The number of hydrogen-bond acceptors (Lipinski definition) is 2. The molecule has 0 saturated carbocycles. The van der Waals surface area contributed by atoms with Gasteiger partial charge < -0.3 is 20.0 Å². The third-order valence-corrected chi connectivity index (χ3v) is 4.87. The van der Waals surface area contributed by atoms with Gasteiger partial charge in [-0.1, -0.05) is 48.5 Å². The summed E-state index contributed by atoms with van der Waals surface area (Å²) in [5.41, 5.74) is 3.68. The first kappa shape index (κ1) is 18.9. The van der Waals surface area contributed by atoms with Gasteiger partial charge in [0, 0.05) is 36.6 Å². The number of hydrogen-bond donors (Lipinski definition) is 3. The van der Waals surface area contributed by atoms with Crippen LogP contribution < -0.4 is 10.6 Å². The SMILES string of the molecule is c1ccc(CN=C(NCCc2ccco2)NCCc2c[nH]c3ccccc23)cc1. The summed E-state index contributed by atoms with van der Waals surface area (Å²) in [7, 11) is 0. The highest BCUT2D eigenvalue weighted by atomic mass is 16.3. The number of nitrogens with one attached hydrogen (secondary N) is 3. The molecule has 0 aliphatic heterocycles. The molecule has 0 aliphatic rings. The molecule has 0 amide bonds. The lowest BCUT2D eigenvalue weighted by Crippen LogP contribution is -2.39. The molecule has 148 valence electrons. The zero-order chi connectivity index (χ0) is 19.7. The van der Waals surface area contributed by atoms with Crippen LogP contribution in [0.5, 0.6) is 0 Å². The van der Waals surface area contributed by atoms with E-state index in [1.807, 2.05) is 30.3 Å². The molecule has 0 fully saturated rings. The summed E-state index contributed by atoms with van der Waals surface area (Å²) in [6.07, 6.45) is 5.55. The van der Waals surface area contributed by atoms with E-state index in [2.05, 4.69) is 58.2 Å². The van der Waals surface area contributed by atoms with Crippen molar-refractivity contribution in [1.82, 2.24) is 15.6 Å². The molecule has 0 spiro atoms. The van der Waals surface area contributed by atoms with Crippen molar-refractivity contribution in [3.63, 3.8) is 0 Å². The van der Waals surface area contributed by atoms with Gasteiger partial charge in [0.2, 0.25) is 0 Å². The number of benzene rings is 2. The molecule has 2 aromatic carbocycles. The Labute approximate surface area is 170 Å². The molecule has 0 unspecified atom stereocenters. The molecular formula is C24H26N4O. The van der Waals surface area contributed by atoms with Crippen LogP contribution in [0.15, 0.2) is 88.6 Å². The molecule has 0 aliphatic carbocycles. The Hall–Kier alpha value is -3.47. The Morgan fingerprint density at radius 1 is 0.862 bits per heavy atom. The van der Waals surface area contributed by atoms with Gasteiger partial charge in [-0.3, -0.25) is 0 Å². The molecule has 2 aromatic heterocycles. The van der Waals surface area contributed by atoms with E-state index in [-0.39, 0.29) is 0 Å². The van der Waals surface area contributed by atoms with Gasteiger partial charge in [-0.05, 0) is 35.7 Å². The third kappa shape index (κ3) is 5.29. The van der Waals surface area contributed by atoms with Crippen molar-refractivity contribution < 1.29 is 4.42 Å². The van der Waals surface area contributed by atoms with Gasteiger partial charge in [-0.25, -0.2) is 4.99 Å². The van der Waals surface area contributed by atoms with Crippen LogP contribution in [0.4, 0.5) is 0 Å². The maximum atomic E-state index is 5.41. The molecule has 29 heavy (non-hydrogen) atoms. The zero-order valence-electron chi connectivity index (χ0n) is 16.4. The largest absolute Gasteiger partial charge is 0.469 e.